The summed E-state index contributed by atoms with van der Waals surface area (Å²) in [6.07, 6.45) is -15.9. The number of hydrogen-bond donors (Lipinski definition) is 8. The van der Waals surface area contributed by atoms with Gasteiger partial charge in [-0.25, -0.2) is 0 Å². The molecule has 18 nitrogen and oxygen atoms in total. The predicted octanol–water partition coefficient (Wildman–Crippen LogP) is -1.85. The van der Waals surface area contributed by atoms with Gasteiger partial charge < -0.3 is 88.2 Å². The summed E-state index contributed by atoms with van der Waals surface area (Å²) >= 11 is 0. The van der Waals surface area contributed by atoms with E-state index >= 15 is 0 Å². The molecule has 52 heavy (non-hydrogen) atoms. The maximum atomic E-state index is 10.5. The zero-order valence-corrected chi connectivity index (χ0v) is 28.9. The lowest BCUT2D eigenvalue weighted by atomic mass is 9.84. The summed E-state index contributed by atoms with van der Waals surface area (Å²) in [4.78, 5) is 0. The first-order valence-electron chi connectivity index (χ1n) is 16.7. The van der Waals surface area contributed by atoms with Crippen LogP contribution in [0.4, 0.5) is 0 Å². The summed E-state index contributed by atoms with van der Waals surface area (Å²) in [6.45, 7) is -0.604. The average Bonchev–Trinajstić information content (AvgIpc) is 3.78. The van der Waals surface area contributed by atoms with Gasteiger partial charge in [0.05, 0.1) is 67.1 Å². The molecule has 2 aromatic rings. The first-order chi connectivity index (χ1) is 25.0. The number of aliphatic hydroxyl groups is 8. The molecule has 0 spiro atoms. The van der Waals surface area contributed by atoms with Gasteiger partial charge in [0.1, 0.15) is 48.8 Å². The van der Waals surface area contributed by atoms with Crippen molar-refractivity contribution in [2.24, 2.45) is 11.8 Å². The third kappa shape index (κ3) is 6.94. The van der Waals surface area contributed by atoms with Gasteiger partial charge in [0, 0.05) is 11.8 Å². The van der Waals surface area contributed by atoms with Crippen LogP contribution in [0.5, 0.6) is 34.5 Å². The Hall–Kier alpha value is -3.24. The molecule has 8 N–H and O–H groups in total. The van der Waals surface area contributed by atoms with Crippen LogP contribution >= 0.6 is 0 Å². The van der Waals surface area contributed by atoms with Crippen molar-refractivity contribution in [1.29, 1.82) is 0 Å². The van der Waals surface area contributed by atoms with Gasteiger partial charge in [-0.15, -0.1) is 0 Å². The summed E-state index contributed by atoms with van der Waals surface area (Å²) in [5, 5.41) is 81.0. The van der Waals surface area contributed by atoms with Crippen LogP contribution < -0.4 is 28.4 Å². The Labute approximate surface area is 298 Å². The molecule has 4 unspecified atom stereocenters. The molecule has 2 aromatic carbocycles. The highest BCUT2D eigenvalue weighted by Gasteiger charge is 2.50. The van der Waals surface area contributed by atoms with E-state index in [2.05, 4.69) is 0 Å². The molecule has 14 atom stereocenters. The molecule has 6 rings (SSSR count). The summed E-state index contributed by atoms with van der Waals surface area (Å²) in [7, 11) is 5.66. The molecule has 0 saturated carbocycles. The third-order valence-electron chi connectivity index (χ3n) is 10.1. The molecule has 0 aliphatic carbocycles. The predicted molar refractivity (Wildman–Crippen MR) is 172 cm³/mol. The van der Waals surface area contributed by atoms with E-state index in [0.717, 1.165) is 0 Å². The molecule has 4 heterocycles. The fourth-order valence-electron chi connectivity index (χ4n) is 7.16. The van der Waals surface area contributed by atoms with Crippen molar-refractivity contribution >= 4 is 0 Å². The van der Waals surface area contributed by atoms with Crippen molar-refractivity contribution in [2.45, 2.75) is 73.6 Å². The van der Waals surface area contributed by atoms with E-state index in [-0.39, 0.29) is 46.3 Å². The minimum Gasteiger partial charge on any atom is -0.493 e. The van der Waals surface area contributed by atoms with Crippen LogP contribution in [0.15, 0.2) is 24.3 Å². The number of rotatable bonds is 12. The van der Waals surface area contributed by atoms with Crippen molar-refractivity contribution in [3.05, 3.63) is 35.4 Å². The number of hydrogen-bond acceptors (Lipinski definition) is 18. The largest absolute Gasteiger partial charge is 0.493 e. The smallest absolute Gasteiger partial charge is 0.229 e. The van der Waals surface area contributed by atoms with Gasteiger partial charge in [0.15, 0.2) is 23.0 Å². The summed E-state index contributed by atoms with van der Waals surface area (Å²) in [6, 6.07) is 6.78. The van der Waals surface area contributed by atoms with Crippen LogP contribution in [0.3, 0.4) is 0 Å². The summed E-state index contributed by atoms with van der Waals surface area (Å²) in [5.41, 5.74) is 1.37. The van der Waals surface area contributed by atoms with E-state index in [1.807, 2.05) is 0 Å². The number of aliphatic hydroxyl groups excluding tert-OH is 8. The van der Waals surface area contributed by atoms with Gasteiger partial charge >= 0.3 is 0 Å². The molecule has 4 fully saturated rings. The van der Waals surface area contributed by atoms with E-state index in [9.17, 15) is 40.9 Å². The van der Waals surface area contributed by atoms with E-state index in [0.29, 0.717) is 24.3 Å². The monoisotopic (exact) mass is 742 g/mol. The first kappa shape index (κ1) is 38.5. The van der Waals surface area contributed by atoms with Crippen LogP contribution in [0.25, 0.3) is 0 Å². The second-order valence-electron chi connectivity index (χ2n) is 13.0. The van der Waals surface area contributed by atoms with Gasteiger partial charge in [-0.05, 0) is 35.4 Å². The second kappa shape index (κ2) is 16.0. The molecular weight excluding hydrogens is 696 g/mol. The lowest BCUT2D eigenvalue weighted by Crippen LogP contribution is -2.60. The molecule has 0 radical (unpaired) electrons. The van der Waals surface area contributed by atoms with Gasteiger partial charge in [0.25, 0.3) is 0 Å². The Morgan fingerprint density at radius 1 is 0.519 bits per heavy atom. The standard InChI is InChI=1S/C34H46O18/c1-43-17-5-13(6-18(44-2)31(17)51-33-27(41)25(39)23(37)21(9-35)49-33)29-15-11-48-30(16(15)12-47-29)14-7-19(45-3)32(20(8-14)46-4)52-34-28(42)26(40)24(38)22(10-36)50-34/h5-8,15-16,21-30,33-42H,9-12H2,1-4H3/t15?,16?,21-,22+,23-,24+,25+,26-,27-,28+,29?,30?,33+,34-. The zero-order valence-electron chi connectivity index (χ0n) is 28.9. The lowest BCUT2D eigenvalue weighted by molar-refractivity contribution is -0.277. The first-order valence-corrected chi connectivity index (χ1v) is 16.7. The number of methoxy groups -OCH3 is 4. The molecule has 0 aromatic heterocycles. The molecular formula is C34H46O18. The lowest BCUT2D eigenvalue weighted by Gasteiger charge is -2.39. The maximum Gasteiger partial charge on any atom is 0.229 e. The maximum absolute atomic E-state index is 10.5. The Balaban J connectivity index is 1.22. The Kier molecular flexibility index (Phi) is 11.8. The summed E-state index contributed by atoms with van der Waals surface area (Å²) < 4.78 is 58.0. The van der Waals surface area contributed by atoms with Crippen LogP contribution in [0.2, 0.25) is 0 Å². The topological polar surface area (TPSA) is 254 Å². The molecule has 0 amide bonds. The zero-order chi connectivity index (χ0) is 37.4. The van der Waals surface area contributed by atoms with Crippen LogP contribution in [-0.2, 0) is 18.9 Å². The highest BCUT2D eigenvalue weighted by molar-refractivity contribution is 5.56. The van der Waals surface area contributed by atoms with Crippen molar-refractivity contribution in [1.82, 2.24) is 0 Å². The van der Waals surface area contributed by atoms with Gasteiger partial charge in [-0.1, -0.05) is 0 Å². The van der Waals surface area contributed by atoms with E-state index in [1.54, 1.807) is 24.3 Å². The second-order valence-corrected chi connectivity index (χ2v) is 13.0. The van der Waals surface area contributed by atoms with Gasteiger partial charge in [-0.3, -0.25) is 0 Å². The van der Waals surface area contributed by atoms with Crippen LogP contribution in [-0.4, -0.2) is 157 Å². The number of ether oxygens (including phenoxy) is 10. The van der Waals surface area contributed by atoms with Crippen molar-refractivity contribution < 1.29 is 88.2 Å². The average molecular weight is 743 g/mol. The van der Waals surface area contributed by atoms with Crippen LogP contribution in [0.1, 0.15) is 23.3 Å². The normalized spacial score (nSPS) is 37.3. The van der Waals surface area contributed by atoms with Gasteiger partial charge in [-0.2, -0.15) is 0 Å². The highest BCUT2D eigenvalue weighted by Crippen LogP contribution is 2.54. The van der Waals surface area contributed by atoms with Crippen LogP contribution in [0, 0.1) is 11.8 Å². The molecule has 4 aliphatic rings. The highest BCUT2D eigenvalue weighted by atomic mass is 16.7. The number of fused-ring (bicyclic) bond motifs is 1. The van der Waals surface area contributed by atoms with Crippen molar-refractivity contribution in [3.63, 3.8) is 0 Å². The Morgan fingerprint density at radius 3 is 1.13 bits per heavy atom. The fourth-order valence-corrected chi connectivity index (χ4v) is 7.16. The van der Waals surface area contributed by atoms with E-state index in [1.165, 1.54) is 28.4 Å². The van der Waals surface area contributed by atoms with Crippen molar-refractivity contribution in [2.75, 3.05) is 54.9 Å². The summed E-state index contributed by atoms with van der Waals surface area (Å²) in [5.74, 6) is 0.683. The molecule has 4 saturated heterocycles. The van der Waals surface area contributed by atoms with E-state index < -0.39 is 86.8 Å². The van der Waals surface area contributed by atoms with Crippen molar-refractivity contribution in [3.8, 4) is 34.5 Å². The Bertz CT molecular complexity index is 1360. The third-order valence-corrected chi connectivity index (χ3v) is 10.1. The molecule has 4 aliphatic heterocycles. The quantitative estimate of drug-likeness (QED) is 0.119. The molecule has 290 valence electrons. The van der Waals surface area contributed by atoms with E-state index in [4.69, 9.17) is 47.4 Å². The number of benzene rings is 2. The minimum atomic E-state index is -1.65. The molecule has 0 bridgehead atoms. The SMILES string of the molecule is COc1cc(C2OCC3C(c4cc(OC)c(O[C@@H]5O[C@H](CO)[C@@H](O)[C@H](O)[C@H]5O)c(OC)c4)OCC23)cc(OC)c1O[C@H]1O[C@@H](CO)[C@H](O)[C@@H](O)[C@@H]1O. The molecule has 18 heteroatoms. The fraction of sp³-hybridized carbons (Fsp3) is 0.647. The van der Waals surface area contributed by atoms with Gasteiger partial charge in [0.2, 0.25) is 24.1 Å². The Morgan fingerprint density at radius 2 is 0.846 bits per heavy atom. The minimum absolute atomic E-state index is 0.0541.